The number of carbonyl (C=O) groups excluding carboxylic acids is 1. The first kappa shape index (κ1) is 8.94. The molecule has 72 valence electrons. The molecule has 1 aliphatic rings. The lowest BCUT2D eigenvalue weighted by Crippen LogP contribution is -2.32. The van der Waals surface area contributed by atoms with Crippen molar-refractivity contribution in [3.8, 4) is 0 Å². The lowest BCUT2D eigenvalue weighted by atomic mass is 9.95. The zero-order valence-electron chi connectivity index (χ0n) is 7.81. The van der Waals surface area contributed by atoms with Crippen LogP contribution in [0, 0.1) is 5.92 Å². The van der Waals surface area contributed by atoms with Crippen LogP contribution in [0.25, 0.3) is 0 Å². The molecule has 1 atom stereocenters. The van der Waals surface area contributed by atoms with E-state index in [1.54, 1.807) is 6.21 Å². The molecule has 0 aromatic heterocycles. The second-order valence-corrected chi connectivity index (χ2v) is 3.41. The fraction of sp³-hybridized carbons (Fsp3) is 0.273. The normalized spacial score (nSPS) is 20.6. The van der Waals surface area contributed by atoms with Crippen molar-refractivity contribution in [2.24, 2.45) is 11.0 Å². The Morgan fingerprint density at radius 2 is 2.14 bits per heavy atom. The minimum Gasteiger partial charge on any atom is -0.273 e. The van der Waals surface area contributed by atoms with Gasteiger partial charge < -0.3 is 0 Å². The molecule has 1 aliphatic heterocycles. The van der Waals surface area contributed by atoms with Gasteiger partial charge in [-0.1, -0.05) is 30.3 Å². The molecule has 1 amide bonds. The van der Waals surface area contributed by atoms with Gasteiger partial charge in [0.1, 0.15) is 0 Å². The molecule has 0 spiro atoms. The second-order valence-electron chi connectivity index (χ2n) is 3.41. The molecule has 0 radical (unpaired) electrons. The number of nitrogens with one attached hydrogen (secondary N) is 1. The summed E-state index contributed by atoms with van der Waals surface area (Å²) in [5.41, 5.74) is 3.68. The average molecular weight is 188 g/mol. The van der Waals surface area contributed by atoms with Crippen molar-refractivity contribution in [1.82, 2.24) is 5.43 Å². The van der Waals surface area contributed by atoms with Crippen LogP contribution < -0.4 is 5.43 Å². The Bertz CT molecular complexity index is 346. The first-order valence-corrected chi connectivity index (χ1v) is 4.71. The number of nitrogens with zero attached hydrogens (tertiary/aromatic N) is 1. The third kappa shape index (κ3) is 1.99. The Labute approximate surface area is 82.8 Å². The summed E-state index contributed by atoms with van der Waals surface area (Å²) in [5.74, 6) is 0.0613. The molecule has 1 unspecified atom stereocenters. The van der Waals surface area contributed by atoms with Crippen LogP contribution in [0.1, 0.15) is 12.0 Å². The number of carbonyl (C=O) groups is 1. The lowest BCUT2D eigenvalue weighted by molar-refractivity contribution is -0.125. The zero-order valence-corrected chi connectivity index (χ0v) is 7.81. The highest BCUT2D eigenvalue weighted by Gasteiger charge is 2.19. The maximum atomic E-state index is 11.4. The van der Waals surface area contributed by atoms with E-state index in [0.717, 1.165) is 12.8 Å². The van der Waals surface area contributed by atoms with Crippen LogP contribution in [-0.4, -0.2) is 12.1 Å². The fourth-order valence-corrected chi connectivity index (χ4v) is 1.56. The van der Waals surface area contributed by atoms with E-state index < -0.39 is 0 Å². The summed E-state index contributed by atoms with van der Waals surface area (Å²) < 4.78 is 0. The first-order valence-electron chi connectivity index (χ1n) is 4.71. The van der Waals surface area contributed by atoms with Gasteiger partial charge in [0.25, 0.3) is 0 Å². The van der Waals surface area contributed by atoms with E-state index >= 15 is 0 Å². The molecule has 0 saturated heterocycles. The topological polar surface area (TPSA) is 41.5 Å². The van der Waals surface area contributed by atoms with Crippen LogP contribution in [0.4, 0.5) is 0 Å². The molecule has 1 heterocycles. The highest BCUT2D eigenvalue weighted by atomic mass is 16.2. The average Bonchev–Trinajstić information content (AvgIpc) is 2.23. The number of rotatable bonds is 2. The number of hydrazone groups is 1. The monoisotopic (exact) mass is 188 g/mol. The van der Waals surface area contributed by atoms with Gasteiger partial charge in [0.05, 0.1) is 0 Å². The van der Waals surface area contributed by atoms with Gasteiger partial charge in [0.2, 0.25) is 5.91 Å². The van der Waals surface area contributed by atoms with Crippen molar-refractivity contribution in [1.29, 1.82) is 0 Å². The molecule has 0 bridgehead atoms. The highest BCUT2D eigenvalue weighted by Crippen LogP contribution is 2.13. The molecule has 3 nitrogen and oxygen atoms in total. The van der Waals surface area contributed by atoms with Gasteiger partial charge in [0.15, 0.2) is 0 Å². The SMILES string of the molecule is O=C1NN=CCC1Cc1ccccc1. The molecule has 0 saturated carbocycles. The molecule has 0 fully saturated rings. The maximum absolute atomic E-state index is 11.4. The van der Waals surface area contributed by atoms with Crippen LogP contribution >= 0.6 is 0 Å². The van der Waals surface area contributed by atoms with Crippen molar-refractivity contribution in [2.75, 3.05) is 0 Å². The summed E-state index contributed by atoms with van der Waals surface area (Å²) in [4.78, 5) is 11.4. The van der Waals surface area contributed by atoms with Crippen molar-refractivity contribution in [3.63, 3.8) is 0 Å². The van der Waals surface area contributed by atoms with Gasteiger partial charge in [-0.3, -0.25) is 4.79 Å². The van der Waals surface area contributed by atoms with Gasteiger partial charge in [-0.05, 0) is 18.4 Å². The quantitative estimate of drug-likeness (QED) is 0.747. The van der Waals surface area contributed by atoms with E-state index in [9.17, 15) is 4.79 Å². The third-order valence-electron chi connectivity index (χ3n) is 2.35. The highest BCUT2D eigenvalue weighted by molar-refractivity contribution is 5.84. The van der Waals surface area contributed by atoms with E-state index in [-0.39, 0.29) is 11.8 Å². The summed E-state index contributed by atoms with van der Waals surface area (Å²) >= 11 is 0. The second kappa shape index (κ2) is 4.05. The van der Waals surface area contributed by atoms with E-state index in [4.69, 9.17) is 0 Å². The zero-order chi connectivity index (χ0) is 9.80. The Balaban J connectivity index is 2.04. The molecular weight excluding hydrogens is 176 g/mol. The van der Waals surface area contributed by atoms with Gasteiger partial charge >= 0.3 is 0 Å². The van der Waals surface area contributed by atoms with E-state index in [2.05, 4.69) is 10.5 Å². The van der Waals surface area contributed by atoms with Crippen LogP contribution in [0.2, 0.25) is 0 Å². The summed E-state index contributed by atoms with van der Waals surface area (Å²) in [6.07, 6.45) is 3.29. The van der Waals surface area contributed by atoms with E-state index in [0.29, 0.717) is 0 Å². The number of hydrogen-bond acceptors (Lipinski definition) is 2. The molecule has 0 aliphatic carbocycles. The standard InChI is InChI=1S/C11H12N2O/c14-11-10(6-7-12-13-11)8-9-4-2-1-3-5-9/h1-5,7,10H,6,8H2,(H,13,14). The van der Waals surface area contributed by atoms with Gasteiger partial charge in [-0.25, -0.2) is 5.43 Å². The van der Waals surface area contributed by atoms with Crippen molar-refractivity contribution >= 4 is 12.1 Å². The Kier molecular flexibility index (Phi) is 2.58. The Hall–Kier alpha value is -1.64. The maximum Gasteiger partial charge on any atom is 0.243 e. The first-order chi connectivity index (χ1) is 6.86. The van der Waals surface area contributed by atoms with Gasteiger partial charge in [0, 0.05) is 12.1 Å². The minimum atomic E-state index is 0.0244. The predicted molar refractivity (Wildman–Crippen MR) is 54.9 cm³/mol. The minimum absolute atomic E-state index is 0.0244. The molecular formula is C11H12N2O. The molecule has 1 aromatic carbocycles. The Morgan fingerprint density at radius 1 is 1.36 bits per heavy atom. The van der Waals surface area contributed by atoms with Crippen LogP contribution in [0.3, 0.4) is 0 Å². The van der Waals surface area contributed by atoms with Crippen molar-refractivity contribution in [3.05, 3.63) is 35.9 Å². The van der Waals surface area contributed by atoms with E-state index in [1.165, 1.54) is 5.56 Å². The third-order valence-corrected chi connectivity index (χ3v) is 2.35. The molecule has 2 rings (SSSR count). The Morgan fingerprint density at radius 3 is 2.86 bits per heavy atom. The molecule has 1 aromatic rings. The lowest BCUT2D eigenvalue weighted by Gasteiger charge is -2.16. The van der Waals surface area contributed by atoms with Crippen molar-refractivity contribution in [2.45, 2.75) is 12.8 Å². The molecule has 14 heavy (non-hydrogen) atoms. The summed E-state index contributed by atoms with van der Waals surface area (Å²) in [7, 11) is 0. The fourth-order valence-electron chi connectivity index (χ4n) is 1.56. The van der Waals surface area contributed by atoms with Crippen molar-refractivity contribution < 1.29 is 4.79 Å². The largest absolute Gasteiger partial charge is 0.273 e. The number of hydrogen-bond donors (Lipinski definition) is 1. The van der Waals surface area contributed by atoms with Crippen LogP contribution in [0.5, 0.6) is 0 Å². The summed E-state index contributed by atoms with van der Waals surface area (Å²) in [5, 5.41) is 3.73. The summed E-state index contributed by atoms with van der Waals surface area (Å²) in [6, 6.07) is 10.0. The summed E-state index contributed by atoms with van der Waals surface area (Å²) in [6.45, 7) is 0. The van der Waals surface area contributed by atoms with Crippen LogP contribution in [0.15, 0.2) is 35.4 Å². The van der Waals surface area contributed by atoms with Gasteiger partial charge in [-0.15, -0.1) is 0 Å². The smallest absolute Gasteiger partial charge is 0.243 e. The number of benzene rings is 1. The van der Waals surface area contributed by atoms with E-state index in [1.807, 2.05) is 30.3 Å². The number of amides is 1. The molecule has 1 N–H and O–H groups in total. The van der Waals surface area contributed by atoms with Crippen LogP contribution in [-0.2, 0) is 11.2 Å². The molecule has 3 heteroatoms. The predicted octanol–water partition coefficient (Wildman–Crippen LogP) is 1.35. The van der Waals surface area contributed by atoms with Gasteiger partial charge in [-0.2, -0.15) is 5.10 Å².